The highest BCUT2D eigenvalue weighted by molar-refractivity contribution is 6.31. The van der Waals surface area contributed by atoms with Gasteiger partial charge in [-0.3, -0.25) is 0 Å². The summed E-state index contributed by atoms with van der Waals surface area (Å²) in [7, 11) is 1.33. The second kappa shape index (κ2) is 5.30. The van der Waals surface area contributed by atoms with Crippen LogP contribution in [0.25, 0.3) is 0 Å². The summed E-state index contributed by atoms with van der Waals surface area (Å²) in [6.45, 7) is 0.289. The fourth-order valence-corrected chi connectivity index (χ4v) is 1.64. The van der Waals surface area contributed by atoms with Crippen molar-refractivity contribution < 1.29 is 14.2 Å². The van der Waals surface area contributed by atoms with Crippen LogP contribution >= 0.6 is 11.6 Å². The molecular formula is C10H13ClFNO2. The van der Waals surface area contributed by atoms with Crippen LogP contribution in [0.3, 0.4) is 0 Å². The molecule has 0 aliphatic heterocycles. The molecule has 0 bridgehead atoms. The summed E-state index contributed by atoms with van der Waals surface area (Å²) >= 11 is 5.86. The Morgan fingerprint density at radius 3 is 2.80 bits per heavy atom. The van der Waals surface area contributed by atoms with E-state index in [9.17, 15) is 9.50 Å². The molecule has 3 nitrogen and oxygen atoms in total. The Kier molecular flexibility index (Phi) is 4.32. The van der Waals surface area contributed by atoms with Crippen molar-refractivity contribution in [2.75, 3.05) is 13.7 Å². The predicted octanol–water partition coefficient (Wildman–Crippen LogP) is 1.87. The van der Waals surface area contributed by atoms with Gasteiger partial charge in [0.1, 0.15) is 0 Å². The minimum absolute atomic E-state index is 0.0246. The van der Waals surface area contributed by atoms with Crippen LogP contribution in [0.2, 0.25) is 5.02 Å². The van der Waals surface area contributed by atoms with E-state index in [1.54, 1.807) is 0 Å². The Labute approximate surface area is 92.6 Å². The maximum absolute atomic E-state index is 13.3. The molecule has 15 heavy (non-hydrogen) atoms. The summed E-state index contributed by atoms with van der Waals surface area (Å²) < 4.78 is 18.2. The van der Waals surface area contributed by atoms with Gasteiger partial charge < -0.3 is 15.6 Å². The summed E-state index contributed by atoms with van der Waals surface area (Å²) in [5.41, 5.74) is 5.56. The van der Waals surface area contributed by atoms with Gasteiger partial charge in [0.25, 0.3) is 0 Å². The van der Waals surface area contributed by atoms with Crippen LogP contribution in [-0.4, -0.2) is 18.8 Å². The highest BCUT2D eigenvalue weighted by atomic mass is 35.5. The van der Waals surface area contributed by atoms with E-state index in [2.05, 4.69) is 0 Å². The number of hydrogen-bond donors (Lipinski definition) is 2. The SMILES string of the molecule is COc1c(F)ccc(Cl)c1C(O)CCN. The van der Waals surface area contributed by atoms with E-state index in [1.165, 1.54) is 19.2 Å². The van der Waals surface area contributed by atoms with Crippen LogP contribution in [0.1, 0.15) is 18.1 Å². The van der Waals surface area contributed by atoms with Crippen LogP contribution in [0.15, 0.2) is 12.1 Å². The molecular weight excluding hydrogens is 221 g/mol. The van der Waals surface area contributed by atoms with Crippen molar-refractivity contribution in [1.82, 2.24) is 0 Å². The fourth-order valence-electron chi connectivity index (χ4n) is 1.37. The number of aliphatic hydroxyl groups is 1. The number of benzene rings is 1. The van der Waals surface area contributed by atoms with Crippen molar-refractivity contribution in [1.29, 1.82) is 0 Å². The molecule has 0 fully saturated rings. The van der Waals surface area contributed by atoms with Crippen LogP contribution in [0.5, 0.6) is 5.75 Å². The molecule has 0 aromatic heterocycles. The molecule has 0 saturated carbocycles. The first-order valence-corrected chi connectivity index (χ1v) is 4.89. The highest BCUT2D eigenvalue weighted by Crippen LogP contribution is 2.35. The van der Waals surface area contributed by atoms with Crippen molar-refractivity contribution in [3.05, 3.63) is 28.5 Å². The number of rotatable bonds is 4. The smallest absolute Gasteiger partial charge is 0.165 e. The van der Waals surface area contributed by atoms with Gasteiger partial charge in [-0.1, -0.05) is 11.6 Å². The van der Waals surface area contributed by atoms with Crippen molar-refractivity contribution in [3.8, 4) is 5.75 Å². The zero-order chi connectivity index (χ0) is 11.4. The molecule has 0 amide bonds. The third kappa shape index (κ3) is 2.59. The Bertz CT molecular complexity index is 346. The number of hydrogen-bond acceptors (Lipinski definition) is 3. The molecule has 5 heteroatoms. The fraction of sp³-hybridized carbons (Fsp3) is 0.400. The lowest BCUT2D eigenvalue weighted by Gasteiger charge is -2.16. The van der Waals surface area contributed by atoms with Gasteiger partial charge in [-0.25, -0.2) is 4.39 Å². The lowest BCUT2D eigenvalue weighted by Crippen LogP contribution is -2.09. The topological polar surface area (TPSA) is 55.5 Å². The molecule has 1 aromatic rings. The molecule has 0 saturated heterocycles. The maximum Gasteiger partial charge on any atom is 0.165 e. The van der Waals surface area contributed by atoms with Gasteiger partial charge in [-0.05, 0) is 25.1 Å². The van der Waals surface area contributed by atoms with Crippen LogP contribution < -0.4 is 10.5 Å². The normalized spacial score (nSPS) is 12.6. The Morgan fingerprint density at radius 1 is 1.60 bits per heavy atom. The second-order valence-corrected chi connectivity index (χ2v) is 3.48. The van der Waals surface area contributed by atoms with E-state index >= 15 is 0 Å². The average molecular weight is 234 g/mol. The number of methoxy groups -OCH3 is 1. The molecule has 3 N–H and O–H groups in total. The van der Waals surface area contributed by atoms with Crippen LogP contribution in [-0.2, 0) is 0 Å². The van der Waals surface area contributed by atoms with E-state index < -0.39 is 11.9 Å². The average Bonchev–Trinajstić information content (AvgIpc) is 2.21. The quantitative estimate of drug-likeness (QED) is 0.835. The zero-order valence-corrected chi connectivity index (χ0v) is 9.09. The third-order valence-electron chi connectivity index (χ3n) is 2.07. The molecule has 84 valence electrons. The number of aliphatic hydroxyl groups excluding tert-OH is 1. The zero-order valence-electron chi connectivity index (χ0n) is 8.34. The van der Waals surface area contributed by atoms with E-state index in [0.29, 0.717) is 6.42 Å². The van der Waals surface area contributed by atoms with Gasteiger partial charge in [-0.15, -0.1) is 0 Å². The molecule has 1 unspecified atom stereocenters. The monoisotopic (exact) mass is 233 g/mol. The van der Waals surface area contributed by atoms with E-state index in [4.69, 9.17) is 22.1 Å². The van der Waals surface area contributed by atoms with Gasteiger partial charge >= 0.3 is 0 Å². The van der Waals surface area contributed by atoms with Crippen molar-refractivity contribution >= 4 is 11.6 Å². The van der Waals surface area contributed by atoms with Gasteiger partial charge in [0.15, 0.2) is 11.6 Å². The molecule has 0 radical (unpaired) electrons. The molecule has 1 atom stereocenters. The largest absolute Gasteiger partial charge is 0.493 e. The van der Waals surface area contributed by atoms with E-state index in [-0.39, 0.29) is 22.9 Å². The van der Waals surface area contributed by atoms with Gasteiger partial charge in [0, 0.05) is 5.56 Å². The lowest BCUT2D eigenvalue weighted by molar-refractivity contribution is 0.165. The highest BCUT2D eigenvalue weighted by Gasteiger charge is 2.19. The minimum Gasteiger partial charge on any atom is -0.493 e. The second-order valence-electron chi connectivity index (χ2n) is 3.07. The predicted molar refractivity (Wildman–Crippen MR) is 56.6 cm³/mol. The molecule has 1 rings (SSSR count). The molecule has 0 aliphatic carbocycles. The lowest BCUT2D eigenvalue weighted by atomic mass is 10.1. The standard InChI is InChI=1S/C10H13ClFNO2/c1-15-10-7(12)3-2-6(11)9(10)8(14)4-5-13/h2-3,8,14H,4-5,13H2,1H3. The first-order valence-electron chi connectivity index (χ1n) is 4.51. The molecule has 0 heterocycles. The minimum atomic E-state index is -0.909. The van der Waals surface area contributed by atoms with E-state index in [0.717, 1.165) is 0 Å². The van der Waals surface area contributed by atoms with Crippen molar-refractivity contribution in [2.24, 2.45) is 5.73 Å². The Hall–Kier alpha value is -0.840. The summed E-state index contributed by atoms with van der Waals surface area (Å²) in [5.74, 6) is -0.573. The summed E-state index contributed by atoms with van der Waals surface area (Å²) in [6.07, 6.45) is -0.604. The summed E-state index contributed by atoms with van der Waals surface area (Å²) in [6, 6.07) is 2.58. The molecule has 1 aromatic carbocycles. The summed E-state index contributed by atoms with van der Waals surface area (Å²) in [5, 5.41) is 10.00. The van der Waals surface area contributed by atoms with Gasteiger partial charge in [-0.2, -0.15) is 0 Å². The van der Waals surface area contributed by atoms with Crippen molar-refractivity contribution in [2.45, 2.75) is 12.5 Å². The van der Waals surface area contributed by atoms with Gasteiger partial charge in [0.05, 0.1) is 18.2 Å². The number of ether oxygens (including phenoxy) is 1. The van der Waals surface area contributed by atoms with Gasteiger partial charge in [0.2, 0.25) is 0 Å². The van der Waals surface area contributed by atoms with Crippen LogP contribution in [0.4, 0.5) is 4.39 Å². The molecule has 0 spiro atoms. The first-order chi connectivity index (χ1) is 7.11. The number of halogens is 2. The number of nitrogens with two attached hydrogens (primary N) is 1. The maximum atomic E-state index is 13.3. The Morgan fingerprint density at radius 2 is 2.27 bits per heavy atom. The Balaban J connectivity index is 3.18. The van der Waals surface area contributed by atoms with Crippen LogP contribution in [0, 0.1) is 5.82 Å². The molecule has 0 aliphatic rings. The van der Waals surface area contributed by atoms with Crippen molar-refractivity contribution in [3.63, 3.8) is 0 Å². The summed E-state index contributed by atoms with van der Waals surface area (Å²) in [4.78, 5) is 0. The first kappa shape index (κ1) is 12.2. The van der Waals surface area contributed by atoms with E-state index in [1.807, 2.05) is 0 Å². The third-order valence-corrected chi connectivity index (χ3v) is 2.40.